The Morgan fingerprint density at radius 2 is 1.46 bits per heavy atom. The molecule has 0 fully saturated rings. The summed E-state index contributed by atoms with van der Waals surface area (Å²) in [7, 11) is 0. The summed E-state index contributed by atoms with van der Waals surface area (Å²) in [6.45, 7) is 6.95. The van der Waals surface area contributed by atoms with Gasteiger partial charge in [-0.2, -0.15) is 0 Å². The minimum atomic E-state index is 0.505. The highest BCUT2D eigenvalue weighted by molar-refractivity contribution is 9.09. The predicted molar refractivity (Wildman–Crippen MR) is 65.6 cm³/mol. The van der Waals surface area contributed by atoms with Gasteiger partial charge >= 0.3 is 0 Å². The van der Waals surface area contributed by atoms with Crippen molar-refractivity contribution in [3.63, 3.8) is 0 Å². The third-order valence-corrected chi connectivity index (χ3v) is 4.09. The maximum atomic E-state index is 3.56. The summed E-state index contributed by atoms with van der Waals surface area (Å²) in [6.07, 6.45) is 9.84. The number of unbranched alkanes of at least 4 members (excludes halogenated alkanes) is 5. The fraction of sp³-hybridized carbons (Fsp3) is 1.00. The highest BCUT2D eigenvalue weighted by atomic mass is 79.9. The Kier molecular flexibility index (Phi) is 8.13. The molecule has 0 saturated carbocycles. The van der Waals surface area contributed by atoms with Crippen molar-refractivity contribution in [2.75, 3.05) is 5.33 Å². The minimum absolute atomic E-state index is 0.505. The molecule has 0 spiro atoms. The first-order valence-corrected chi connectivity index (χ1v) is 6.80. The highest BCUT2D eigenvalue weighted by Crippen LogP contribution is 2.25. The zero-order valence-corrected chi connectivity index (χ0v) is 11.1. The van der Waals surface area contributed by atoms with Gasteiger partial charge in [-0.1, -0.05) is 75.2 Å². The molecule has 0 atom stereocenters. The predicted octanol–water partition coefficient (Wildman–Crippen LogP) is 5.16. The molecular formula is C12H25Br. The molecule has 0 aliphatic heterocycles. The van der Waals surface area contributed by atoms with E-state index in [0.29, 0.717) is 5.41 Å². The topological polar surface area (TPSA) is 0 Å². The van der Waals surface area contributed by atoms with Crippen molar-refractivity contribution in [2.24, 2.45) is 5.41 Å². The second kappa shape index (κ2) is 7.84. The van der Waals surface area contributed by atoms with Crippen molar-refractivity contribution >= 4 is 15.9 Å². The lowest BCUT2D eigenvalue weighted by atomic mass is 9.89. The standard InChI is InChI=1S/C12H25Br/c1-4-5-6-7-8-9-10-12(2,3)11-13/h4-11H2,1-3H3. The van der Waals surface area contributed by atoms with E-state index < -0.39 is 0 Å². The Balaban J connectivity index is 3.16. The van der Waals surface area contributed by atoms with Gasteiger partial charge in [0.2, 0.25) is 0 Å². The Morgan fingerprint density at radius 3 is 2.00 bits per heavy atom. The second-order valence-electron chi connectivity index (χ2n) is 4.82. The van der Waals surface area contributed by atoms with E-state index in [0.717, 1.165) is 5.33 Å². The van der Waals surface area contributed by atoms with Crippen molar-refractivity contribution < 1.29 is 0 Å². The van der Waals surface area contributed by atoms with Gasteiger partial charge in [0, 0.05) is 5.33 Å². The molecule has 0 radical (unpaired) electrons. The van der Waals surface area contributed by atoms with E-state index in [-0.39, 0.29) is 0 Å². The molecule has 0 bridgehead atoms. The molecule has 0 unspecified atom stereocenters. The van der Waals surface area contributed by atoms with Crippen molar-refractivity contribution in [2.45, 2.75) is 65.7 Å². The Bertz CT molecular complexity index is 108. The van der Waals surface area contributed by atoms with Gasteiger partial charge in [0.05, 0.1) is 0 Å². The van der Waals surface area contributed by atoms with Gasteiger partial charge < -0.3 is 0 Å². The summed E-state index contributed by atoms with van der Waals surface area (Å²) in [5.41, 5.74) is 0.505. The van der Waals surface area contributed by atoms with Crippen molar-refractivity contribution in [1.82, 2.24) is 0 Å². The van der Waals surface area contributed by atoms with Crippen LogP contribution in [0, 0.1) is 5.41 Å². The van der Waals surface area contributed by atoms with Crippen LogP contribution in [0.25, 0.3) is 0 Å². The number of hydrogen-bond donors (Lipinski definition) is 0. The van der Waals surface area contributed by atoms with Crippen LogP contribution in [-0.2, 0) is 0 Å². The van der Waals surface area contributed by atoms with E-state index in [1.165, 1.54) is 44.9 Å². The summed E-state index contributed by atoms with van der Waals surface area (Å²) < 4.78 is 0. The molecule has 0 aliphatic rings. The maximum Gasteiger partial charge on any atom is 0.00826 e. The van der Waals surface area contributed by atoms with Gasteiger partial charge in [-0.3, -0.25) is 0 Å². The van der Waals surface area contributed by atoms with Crippen LogP contribution >= 0.6 is 15.9 Å². The fourth-order valence-corrected chi connectivity index (χ4v) is 1.73. The number of halogens is 1. The minimum Gasteiger partial charge on any atom is -0.0922 e. The van der Waals surface area contributed by atoms with Crippen molar-refractivity contribution in [3.8, 4) is 0 Å². The molecule has 13 heavy (non-hydrogen) atoms. The van der Waals surface area contributed by atoms with Crippen molar-refractivity contribution in [1.29, 1.82) is 0 Å². The molecular weight excluding hydrogens is 224 g/mol. The van der Waals surface area contributed by atoms with E-state index in [1.54, 1.807) is 0 Å². The van der Waals surface area contributed by atoms with Crippen LogP contribution in [0.4, 0.5) is 0 Å². The lowest BCUT2D eigenvalue weighted by Gasteiger charge is -2.20. The zero-order chi connectivity index (χ0) is 10.2. The second-order valence-corrected chi connectivity index (χ2v) is 5.38. The van der Waals surface area contributed by atoms with Crippen LogP contribution in [-0.4, -0.2) is 5.33 Å². The first kappa shape index (κ1) is 13.5. The lowest BCUT2D eigenvalue weighted by molar-refractivity contribution is 0.367. The molecule has 0 aromatic rings. The monoisotopic (exact) mass is 248 g/mol. The summed E-state index contributed by atoms with van der Waals surface area (Å²) in [5, 5.41) is 1.13. The molecule has 0 N–H and O–H groups in total. The molecule has 80 valence electrons. The van der Waals surface area contributed by atoms with E-state index in [9.17, 15) is 0 Å². The van der Waals surface area contributed by atoms with Crippen LogP contribution < -0.4 is 0 Å². The number of rotatable bonds is 8. The van der Waals surface area contributed by atoms with E-state index in [1.807, 2.05) is 0 Å². The van der Waals surface area contributed by atoms with Crippen LogP contribution in [0.15, 0.2) is 0 Å². The van der Waals surface area contributed by atoms with Crippen LogP contribution in [0.1, 0.15) is 65.7 Å². The summed E-state index contributed by atoms with van der Waals surface area (Å²) in [6, 6.07) is 0. The van der Waals surface area contributed by atoms with Gasteiger partial charge in [-0.15, -0.1) is 0 Å². The molecule has 0 rings (SSSR count). The SMILES string of the molecule is CCCCCCCCC(C)(C)CBr. The van der Waals surface area contributed by atoms with Gasteiger partial charge in [0.15, 0.2) is 0 Å². The molecule has 0 amide bonds. The number of hydrogen-bond acceptors (Lipinski definition) is 0. The molecule has 0 aromatic carbocycles. The summed E-state index contributed by atoms with van der Waals surface area (Å²) >= 11 is 3.56. The summed E-state index contributed by atoms with van der Waals surface area (Å²) in [5.74, 6) is 0. The third-order valence-electron chi connectivity index (χ3n) is 2.57. The van der Waals surface area contributed by atoms with E-state index in [4.69, 9.17) is 0 Å². The Labute approximate surface area is 92.6 Å². The van der Waals surface area contributed by atoms with Gasteiger partial charge in [0.1, 0.15) is 0 Å². The average Bonchev–Trinajstić information content (AvgIpc) is 2.11. The van der Waals surface area contributed by atoms with Gasteiger partial charge in [-0.25, -0.2) is 0 Å². The molecule has 0 saturated heterocycles. The molecule has 0 heterocycles. The van der Waals surface area contributed by atoms with Gasteiger partial charge in [0.25, 0.3) is 0 Å². The molecule has 0 nitrogen and oxygen atoms in total. The largest absolute Gasteiger partial charge is 0.0922 e. The Hall–Kier alpha value is 0.480. The molecule has 0 aliphatic carbocycles. The Morgan fingerprint density at radius 1 is 0.923 bits per heavy atom. The zero-order valence-electron chi connectivity index (χ0n) is 9.53. The van der Waals surface area contributed by atoms with Crippen LogP contribution in [0.2, 0.25) is 0 Å². The normalized spacial score (nSPS) is 12.0. The van der Waals surface area contributed by atoms with Crippen molar-refractivity contribution in [3.05, 3.63) is 0 Å². The summed E-state index contributed by atoms with van der Waals surface area (Å²) in [4.78, 5) is 0. The van der Waals surface area contributed by atoms with Crippen LogP contribution in [0.5, 0.6) is 0 Å². The van der Waals surface area contributed by atoms with Gasteiger partial charge in [-0.05, 0) is 11.8 Å². The fourth-order valence-electron chi connectivity index (χ4n) is 1.45. The smallest absolute Gasteiger partial charge is 0.00826 e. The molecule has 0 aromatic heterocycles. The lowest BCUT2D eigenvalue weighted by Crippen LogP contribution is -2.12. The third kappa shape index (κ3) is 8.80. The first-order valence-electron chi connectivity index (χ1n) is 5.68. The number of alkyl halides is 1. The average molecular weight is 249 g/mol. The molecule has 1 heteroatoms. The van der Waals surface area contributed by atoms with Crippen LogP contribution in [0.3, 0.4) is 0 Å². The quantitative estimate of drug-likeness (QED) is 0.412. The van der Waals surface area contributed by atoms with E-state index >= 15 is 0 Å². The first-order chi connectivity index (χ1) is 6.12. The maximum absolute atomic E-state index is 3.56. The highest BCUT2D eigenvalue weighted by Gasteiger charge is 2.14. The van der Waals surface area contributed by atoms with E-state index in [2.05, 4.69) is 36.7 Å².